The van der Waals surface area contributed by atoms with Gasteiger partial charge in [-0.1, -0.05) is 42.5 Å². The van der Waals surface area contributed by atoms with Gasteiger partial charge in [0.1, 0.15) is 0 Å². The monoisotopic (exact) mass is 267 g/mol. The zero-order chi connectivity index (χ0) is 11.8. The number of fused-ring (bicyclic) bond motifs is 1. The molecule has 2 aromatic rings. The fourth-order valence-electron chi connectivity index (χ4n) is 2.86. The van der Waals surface area contributed by atoms with Gasteiger partial charge in [-0.2, -0.15) is 0 Å². The Balaban J connectivity index is 2.10. The van der Waals surface area contributed by atoms with Crippen LogP contribution < -0.4 is 0 Å². The van der Waals surface area contributed by atoms with Gasteiger partial charge >= 0.3 is 0 Å². The molecule has 0 bridgehead atoms. The summed E-state index contributed by atoms with van der Waals surface area (Å²) in [6.45, 7) is 0. The van der Waals surface area contributed by atoms with E-state index in [1.165, 1.54) is 37.6 Å². The van der Waals surface area contributed by atoms with Gasteiger partial charge in [0, 0.05) is 22.6 Å². The smallest absolute Gasteiger partial charge is 0.0514 e. The van der Waals surface area contributed by atoms with Crippen molar-refractivity contribution < 1.29 is 0 Å². The Morgan fingerprint density at radius 1 is 1.06 bits per heavy atom. The molecule has 3 rings (SSSR count). The normalized spacial score (nSPS) is 17.8. The van der Waals surface area contributed by atoms with E-state index in [-0.39, 0.29) is 0 Å². The Bertz CT molecular complexity index is 538. The lowest BCUT2D eigenvalue weighted by atomic mass is 9.95. The van der Waals surface area contributed by atoms with Crippen molar-refractivity contribution in [2.75, 3.05) is 0 Å². The molecule has 0 amide bonds. The molecule has 1 aromatic heterocycles. The highest BCUT2D eigenvalue weighted by molar-refractivity contribution is 6.38. The Morgan fingerprint density at radius 2 is 1.82 bits per heavy atom. The Labute approximate surface area is 111 Å². The van der Waals surface area contributed by atoms with Crippen molar-refractivity contribution in [2.45, 2.75) is 38.1 Å². The largest absolute Gasteiger partial charge is 0.344 e. The second-order valence-corrected chi connectivity index (χ2v) is 5.68. The molecule has 3 heteroatoms. The molecule has 17 heavy (non-hydrogen) atoms. The summed E-state index contributed by atoms with van der Waals surface area (Å²) in [5.74, 6) is 0. The van der Waals surface area contributed by atoms with Gasteiger partial charge in [0.15, 0.2) is 0 Å². The standard InChI is InChI=1S/C14H15Cl2N/c15-10-8-13(16)12-6-7-17(14(12)9-10)11-4-2-1-3-5-11/h6-9,11H,1-5H2. The van der Waals surface area contributed by atoms with E-state index < -0.39 is 0 Å². The van der Waals surface area contributed by atoms with Crippen LogP contribution in [0.25, 0.3) is 10.9 Å². The van der Waals surface area contributed by atoms with Crippen LogP contribution in [0.4, 0.5) is 0 Å². The maximum Gasteiger partial charge on any atom is 0.0514 e. The first-order valence-corrected chi connectivity index (χ1v) is 6.97. The molecule has 0 radical (unpaired) electrons. The SMILES string of the molecule is Clc1cc(Cl)c2ccn(C3CCCCC3)c2c1. The van der Waals surface area contributed by atoms with Gasteiger partial charge in [0.2, 0.25) is 0 Å². The van der Waals surface area contributed by atoms with E-state index >= 15 is 0 Å². The van der Waals surface area contributed by atoms with Gasteiger partial charge in [0.25, 0.3) is 0 Å². The summed E-state index contributed by atoms with van der Waals surface area (Å²) in [5, 5.41) is 2.59. The fraction of sp³-hybridized carbons (Fsp3) is 0.429. The Kier molecular flexibility index (Phi) is 3.06. The van der Waals surface area contributed by atoms with Gasteiger partial charge in [-0.25, -0.2) is 0 Å². The van der Waals surface area contributed by atoms with Crippen LogP contribution in [0.1, 0.15) is 38.1 Å². The molecule has 1 nitrogen and oxygen atoms in total. The van der Waals surface area contributed by atoms with Crippen LogP contribution in [0.3, 0.4) is 0 Å². The maximum atomic E-state index is 6.22. The molecule has 1 saturated carbocycles. The van der Waals surface area contributed by atoms with E-state index in [2.05, 4.69) is 16.8 Å². The third-order valence-electron chi connectivity index (χ3n) is 3.72. The lowest BCUT2D eigenvalue weighted by molar-refractivity contribution is 0.361. The van der Waals surface area contributed by atoms with Gasteiger partial charge in [0.05, 0.1) is 10.5 Å². The average molecular weight is 268 g/mol. The van der Waals surface area contributed by atoms with Crippen LogP contribution >= 0.6 is 23.2 Å². The summed E-state index contributed by atoms with van der Waals surface area (Å²) in [5.41, 5.74) is 1.18. The molecule has 1 fully saturated rings. The van der Waals surface area contributed by atoms with E-state index in [1.807, 2.05) is 12.1 Å². The molecule has 0 spiro atoms. The van der Waals surface area contributed by atoms with Crippen LogP contribution in [-0.2, 0) is 0 Å². The molecule has 90 valence electrons. The minimum absolute atomic E-state index is 0.621. The molecular weight excluding hydrogens is 253 g/mol. The molecular formula is C14H15Cl2N. The van der Waals surface area contributed by atoms with Gasteiger partial charge in [-0.15, -0.1) is 0 Å². The first kappa shape index (κ1) is 11.4. The minimum Gasteiger partial charge on any atom is -0.344 e. The Hall–Kier alpha value is -0.660. The maximum absolute atomic E-state index is 6.22. The highest BCUT2D eigenvalue weighted by Crippen LogP contribution is 2.35. The molecule has 1 aliphatic rings. The number of halogens is 2. The molecule has 0 unspecified atom stereocenters. The van der Waals surface area contributed by atoms with E-state index in [9.17, 15) is 0 Å². The van der Waals surface area contributed by atoms with E-state index in [0.717, 1.165) is 15.4 Å². The van der Waals surface area contributed by atoms with Crippen molar-refractivity contribution in [3.8, 4) is 0 Å². The summed E-state index contributed by atoms with van der Waals surface area (Å²) >= 11 is 12.3. The summed E-state index contributed by atoms with van der Waals surface area (Å²) in [4.78, 5) is 0. The van der Waals surface area contributed by atoms with Crippen molar-refractivity contribution in [3.63, 3.8) is 0 Å². The summed E-state index contributed by atoms with van der Waals surface area (Å²) < 4.78 is 2.35. The number of rotatable bonds is 1. The predicted molar refractivity (Wildman–Crippen MR) is 74.1 cm³/mol. The van der Waals surface area contributed by atoms with Crippen LogP contribution in [-0.4, -0.2) is 4.57 Å². The molecule has 1 aromatic carbocycles. The van der Waals surface area contributed by atoms with Gasteiger partial charge in [-0.3, -0.25) is 0 Å². The van der Waals surface area contributed by atoms with Crippen molar-refractivity contribution >= 4 is 34.1 Å². The third-order valence-corrected chi connectivity index (χ3v) is 4.25. The van der Waals surface area contributed by atoms with Gasteiger partial charge < -0.3 is 4.57 Å². The van der Waals surface area contributed by atoms with E-state index in [0.29, 0.717) is 6.04 Å². The van der Waals surface area contributed by atoms with E-state index in [1.54, 1.807) is 0 Å². The fourth-order valence-corrected chi connectivity index (χ4v) is 3.41. The summed E-state index contributed by atoms with van der Waals surface area (Å²) in [6, 6.07) is 6.56. The number of hydrogen-bond acceptors (Lipinski definition) is 0. The van der Waals surface area contributed by atoms with Crippen molar-refractivity contribution in [2.24, 2.45) is 0 Å². The molecule has 0 atom stereocenters. The number of benzene rings is 1. The second-order valence-electron chi connectivity index (χ2n) is 4.84. The Morgan fingerprint density at radius 3 is 2.59 bits per heavy atom. The van der Waals surface area contributed by atoms with Crippen LogP contribution in [0.5, 0.6) is 0 Å². The molecule has 0 N–H and O–H groups in total. The quantitative estimate of drug-likeness (QED) is 0.647. The van der Waals surface area contributed by atoms with Crippen LogP contribution in [0, 0.1) is 0 Å². The second kappa shape index (κ2) is 4.55. The molecule has 1 heterocycles. The number of aromatic nitrogens is 1. The van der Waals surface area contributed by atoms with Crippen LogP contribution in [0.15, 0.2) is 24.4 Å². The zero-order valence-electron chi connectivity index (χ0n) is 9.63. The lowest BCUT2D eigenvalue weighted by Crippen LogP contribution is -2.11. The third kappa shape index (κ3) is 2.07. The van der Waals surface area contributed by atoms with Crippen molar-refractivity contribution in [1.29, 1.82) is 0 Å². The summed E-state index contributed by atoms with van der Waals surface area (Å²) in [6.07, 6.45) is 8.74. The highest BCUT2D eigenvalue weighted by Gasteiger charge is 2.17. The first-order valence-electron chi connectivity index (χ1n) is 6.21. The molecule has 1 aliphatic carbocycles. The predicted octanol–water partition coefficient (Wildman–Crippen LogP) is 5.45. The van der Waals surface area contributed by atoms with Crippen LogP contribution in [0.2, 0.25) is 10.0 Å². The number of nitrogens with zero attached hydrogens (tertiary/aromatic N) is 1. The highest BCUT2D eigenvalue weighted by atomic mass is 35.5. The topological polar surface area (TPSA) is 4.93 Å². The van der Waals surface area contributed by atoms with Crippen molar-refractivity contribution in [3.05, 3.63) is 34.4 Å². The first-order chi connectivity index (χ1) is 8.25. The molecule has 0 saturated heterocycles. The van der Waals surface area contributed by atoms with Crippen molar-refractivity contribution in [1.82, 2.24) is 4.57 Å². The lowest BCUT2D eigenvalue weighted by Gasteiger charge is -2.24. The number of hydrogen-bond donors (Lipinski definition) is 0. The van der Waals surface area contributed by atoms with E-state index in [4.69, 9.17) is 23.2 Å². The van der Waals surface area contributed by atoms with Gasteiger partial charge in [-0.05, 0) is 31.0 Å². The average Bonchev–Trinajstić information content (AvgIpc) is 2.74. The molecule has 0 aliphatic heterocycles. The minimum atomic E-state index is 0.621. The summed E-state index contributed by atoms with van der Waals surface area (Å²) in [7, 11) is 0. The zero-order valence-corrected chi connectivity index (χ0v) is 11.1.